The van der Waals surface area contributed by atoms with Crippen molar-refractivity contribution in [2.75, 3.05) is 19.6 Å². The fourth-order valence-corrected chi connectivity index (χ4v) is 2.42. The summed E-state index contributed by atoms with van der Waals surface area (Å²) in [4.78, 5) is 2.40. The molecule has 0 spiro atoms. The van der Waals surface area contributed by atoms with Gasteiger partial charge in [-0.25, -0.2) is 13.6 Å². The van der Waals surface area contributed by atoms with Gasteiger partial charge in [0, 0.05) is 6.54 Å². The van der Waals surface area contributed by atoms with Crippen molar-refractivity contribution in [2.24, 2.45) is 5.14 Å². The van der Waals surface area contributed by atoms with Crippen molar-refractivity contribution in [3.63, 3.8) is 0 Å². The van der Waals surface area contributed by atoms with E-state index in [1.807, 2.05) is 6.08 Å². The van der Waals surface area contributed by atoms with Crippen molar-refractivity contribution in [3.8, 4) is 0 Å². The van der Waals surface area contributed by atoms with Crippen LogP contribution in [0.5, 0.6) is 0 Å². The van der Waals surface area contributed by atoms with Crippen molar-refractivity contribution in [3.05, 3.63) is 35.9 Å². The molecule has 1 aromatic carbocycles. The molecule has 0 aromatic heterocycles. The normalized spacial score (nSPS) is 12.4. The second-order valence-electron chi connectivity index (χ2n) is 3.97. The van der Waals surface area contributed by atoms with Crippen LogP contribution in [0.25, 0.3) is 6.08 Å². The topological polar surface area (TPSA) is 63.4 Å². The Kier molecular flexibility index (Phi) is 5.53. The van der Waals surface area contributed by atoms with Crippen molar-refractivity contribution in [1.29, 1.82) is 0 Å². The zero-order valence-electron chi connectivity index (χ0n) is 10.8. The molecule has 0 heterocycles. The van der Waals surface area contributed by atoms with E-state index in [0.29, 0.717) is 5.56 Å². The Hall–Kier alpha value is -1.17. The average molecular weight is 268 g/mol. The maximum Gasteiger partial charge on any atom is 0.238 e. The van der Waals surface area contributed by atoms with E-state index in [1.165, 1.54) is 6.07 Å². The van der Waals surface area contributed by atoms with E-state index < -0.39 is 10.0 Å². The Morgan fingerprint density at radius 2 is 1.83 bits per heavy atom. The fourth-order valence-electron chi connectivity index (χ4n) is 1.69. The number of rotatable bonds is 6. The first kappa shape index (κ1) is 14.9. The Morgan fingerprint density at radius 3 is 2.39 bits per heavy atom. The van der Waals surface area contributed by atoms with E-state index in [0.717, 1.165) is 19.6 Å². The summed E-state index contributed by atoms with van der Waals surface area (Å²) in [5, 5.41) is 5.17. The van der Waals surface area contributed by atoms with Gasteiger partial charge in [-0.3, -0.25) is 0 Å². The van der Waals surface area contributed by atoms with Crippen LogP contribution in [-0.2, 0) is 10.0 Å². The van der Waals surface area contributed by atoms with Crippen molar-refractivity contribution < 1.29 is 8.42 Å². The zero-order chi connectivity index (χ0) is 13.6. The third kappa shape index (κ3) is 4.25. The number of sulfonamides is 1. The second-order valence-corrected chi connectivity index (χ2v) is 5.50. The summed E-state index contributed by atoms with van der Waals surface area (Å²) in [6.45, 7) is 6.92. The van der Waals surface area contributed by atoms with E-state index in [9.17, 15) is 8.42 Å². The van der Waals surface area contributed by atoms with Gasteiger partial charge in [-0.15, -0.1) is 0 Å². The number of likely N-dealkylation sites (N-methyl/N-ethyl adjacent to an activating group) is 1. The molecule has 0 fully saturated rings. The van der Waals surface area contributed by atoms with E-state index in [4.69, 9.17) is 5.14 Å². The smallest absolute Gasteiger partial charge is 0.238 e. The van der Waals surface area contributed by atoms with E-state index in [-0.39, 0.29) is 4.90 Å². The van der Waals surface area contributed by atoms with Crippen LogP contribution in [0.3, 0.4) is 0 Å². The molecule has 1 aromatic rings. The monoisotopic (exact) mass is 268 g/mol. The first-order valence-electron chi connectivity index (χ1n) is 5.99. The van der Waals surface area contributed by atoms with Crippen LogP contribution in [0.15, 0.2) is 35.2 Å². The molecule has 2 N–H and O–H groups in total. The van der Waals surface area contributed by atoms with Gasteiger partial charge in [-0.2, -0.15) is 0 Å². The number of primary sulfonamides is 1. The third-order valence-corrected chi connectivity index (χ3v) is 3.77. The van der Waals surface area contributed by atoms with Crippen molar-refractivity contribution in [1.82, 2.24) is 4.90 Å². The number of hydrogen-bond donors (Lipinski definition) is 1. The molecule has 0 aliphatic carbocycles. The molecule has 0 aliphatic heterocycles. The highest BCUT2D eigenvalue weighted by Crippen LogP contribution is 2.15. The fraction of sp³-hybridized carbons (Fsp3) is 0.385. The predicted molar refractivity (Wildman–Crippen MR) is 74.6 cm³/mol. The molecule has 0 aliphatic rings. The van der Waals surface area contributed by atoms with Gasteiger partial charge in [0.05, 0.1) is 4.90 Å². The SMILES string of the molecule is CCN(CC)C/C=C\c1ccccc1S(N)(=O)=O. The molecule has 1 rings (SSSR count). The molecule has 0 radical (unpaired) electrons. The molecular formula is C13H20N2O2S. The van der Waals surface area contributed by atoms with E-state index in [2.05, 4.69) is 18.7 Å². The average Bonchev–Trinajstić information content (AvgIpc) is 2.34. The number of nitrogens with zero attached hydrogens (tertiary/aromatic N) is 1. The molecule has 5 heteroatoms. The summed E-state index contributed by atoms with van der Waals surface area (Å²) >= 11 is 0. The molecule has 0 atom stereocenters. The molecular weight excluding hydrogens is 248 g/mol. The Labute approximate surface area is 109 Å². The highest BCUT2D eigenvalue weighted by molar-refractivity contribution is 7.89. The molecule has 0 unspecified atom stereocenters. The van der Waals surface area contributed by atoms with Gasteiger partial charge in [0.1, 0.15) is 0 Å². The maximum atomic E-state index is 11.4. The Morgan fingerprint density at radius 1 is 1.22 bits per heavy atom. The van der Waals surface area contributed by atoms with E-state index in [1.54, 1.807) is 24.3 Å². The molecule has 0 saturated heterocycles. The summed E-state index contributed by atoms with van der Waals surface area (Å²) in [6.07, 6.45) is 3.76. The van der Waals surface area contributed by atoms with Crippen LogP contribution in [0, 0.1) is 0 Å². The third-order valence-electron chi connectivity index (χ3n) is 2.78. The van der Waals surface area contributed by atoms with Gasteiger partial charge in [0.15, 0.2) is 0 Å². The van der Waals surface area contributed by atoms with Gasteiger partial charge in [0.2, 0.25) is 10.0 Å². The minimum Gasteiger partial charge on any atom is -0.300 e. The summed E-state index contributed by atoms with van der Waals surface area (Å²) in [5.74, 6) is 0. The first-order valence-corrected chi connectivity index (χ1v) is 7.54. The lowest BCUT2D eigenvalue weighted by atomic mass is 10.2. The molecule has 18 heavy (non-hydrogen) atoms. The van der Waals surface area contributed by atoms with Crippen LogP contribution in [-0.4, -0.2) is 33.0 Å². The largest absolute Gasteiger partial charge is 0.300 e. The van der Waals surface area contributed by atoms with Gasteiger partial charge in [-0.1, -0.05) is 44.2 Å². The van der Waals surface area contributed by atoms with Gasteiger partial charge in [-0.05, 0) is 24.7 Å². The quantitative estimate of drug-likeness (QED) is 0.854. The summed E-state index contributed by atoms with van der Waals surface area (Å²) in [6, 6.07) is 6.73. The summed E-state index contributed by atoms with van der Waals surface area (Å²) in [7, 11) is -3.66. The lowest BCUT2D eigenvalue weighted by Gasteiger charge is -2.14. The Balaban J connectivity index is 2.88. The highest BCUT2D eigenvalue weighted by Gasteiger charge is 2.10. The Bertz CT molecular complexity index is 505. The molecule has 0 saturated carbocycles. The standard InChI is InChI=1S/C13H20N2O2S/c1-3-15(4-2)11-7-9-12-8-5-6-10-13(12)18(14,16)17/h5-10H,3-4,11H2,1-2H3,(H2,14,16,17)/b9-7-. The highest BCUT2D eigenvalue weighted by atomic mass is 32.2. The van der Waals surface area contributed by atoms with Crippen molar-refractivity contribution in [2.45, 2.75) is 18.7 Å². The number of hydrogen-bond acceptors (Lipinski definition) is 3. The summed E-state index contributed by atoms with van der Waals surface area (Å²) in [5.41, 5.74) is 0.632. The lowest BCUT2D eigenvalue weighted by Crippen LogP contribution is -2.22. The van der Waals surface area contributed by atoms with E-state index >= 15 is 0 Å². The van der Waals surface area contributed by atoms with Crippen LogP contribution < -0.4 is 5.14 Å². The molecule has 100 valence electrons. The van der Waals surface area contributed by atoms with Crippen LogP contribution in [0.2, 0.25) is 0 Å². The minimum absolute atomic E-state index is 0.167. The first-order chi connectivity index (χ1) is 8.49. The zero-order valence-corrected chi connectivity index (χ0v) is 11.7. The van der Waals surface area contributed by atoms with Crippen LogP contribution in [0.1, 0.15) is 19.4 Å². The molecule has 0 bridgehead atoms. The lowest BCUT2D eigenvalue weighted by molar-refractivity contribution is 0.338. The van der Waals surface area contributed by atoms with Gasteiger partial charge in [0.25, 0.3) is 0 Å². The minimum atomic E-state index is -3.66. The molecule has 0 amide bonds. The summed E-state index contributed by atoms with van der Waals surface area (Å²) < 4.78 is 22.8. The van der Waals surface area contributed by atoms with Crippen LogP contribution in [0.4, 0.5) is 0 Å². The predicted octanol–water partition coefficient (Wildman–Crippen LogP) is 1.69. The maximum absolute atomic E-state index is 11.4. The van der Waals surface area contributed by atoms with Gasteiger partial charge < -0.3 is 4.90 Å². The number of benzene rings is 1. The number of nitrogens with two attached hydrogens (primary N) is 1. The molecule has 4 nitrogen and oxygen atoms in total. The van der Waals surface area contributed by atoms with Crippen molar-refractivity contribution >= 4 is 16.1 Å². The van der Waals surface area contributed by atoms with Gasteiger partial charge >= 0.3 is 0 Å². The second kappa shape index (κ2) is 6.68. The van der Waals surface area contributed by atoms with Crippen LogP contribution >= 0.6 is 0 Å².